The molecule has 4 aliphatic carbocycles. The first kappa shape index (κ1) is 18.4. The minimum absolute atomic E-state index is 0.431. The van der Waals surface area contributed by atoms with Crippen LogP contribution in [0.4, 0.5) is 0 Å². The molecule has 7 rings (SSSR count). The van der Waals surface area contributed by atoms with Gasteiger partial charge in [0.2, 0.25) is 0 Å². The van der Waals surface area contributed by atoms with Crippen molar-refractivity contribution in [3.63, 3.8) is 0 Å². The van der Waals surface area contributed by atoms with Gasteiger partial charge in [-0.3, -0.25) is 0 Å². The minimum atomic E-state index is 0.431. The molecule has 4 bridgehead atoms. The molecule has 154 valence electrons. The third-order valence-corrected chi connectivity index (χ3v) is 7.85. The normalized spacial score (nSPS) is 29.4. The lowest BCUT2D eigenvalue weighted by atomic mass is 9.53. The lowest BCUT2D eigenvalue weighted by molar-refractivity contribution is -0.0206. The highest BCUT2D eigenvalue weighted by molar-refractivity contribution is 5.82. The van der Waals surface area contributed by atoms with E-state index >= 15 is 0 Å². The summed E-state index contributed by atoms with van der Waals surface area (Å²) in [5.74, 6) is 3.93. The van der Waals surface area contributed by atoms with Crippen molar-refractivity contribution in [2.75, 3.05) is 0 Å². The molecule has 0 aromatic heterocycles. The molecule has 30 heavy (non-hydrogen) atoms. The number of hydrogen-bond acceptors (Lipinski definition) is 2. The van der Waals surface area contributed by atoms with E-state index in [4.69, 9.17) is 4.74 Å². The Balaban J connectivity index is 1.06. The molecule has 0 saturated heterocycles. The molecule has 0 unspecified atom stereocenters. The third-order valence-electron chi connectivity index (χ3n) is 7.85. The molecule has 0 amide bonds. The maximum atomic E-state index is 6.05. The summed E-state index contributed by atoms with van der Waals surface area (Å²) in [5.41, 5.74) is 3.00. The van der Waals surface area contributed by atoms with Crippen molar-refractivity contribution < 1.29 is 4.74 Å². The summed E-state index contributed by atoms with van der Waals surface area (Å²) < 4.78 is 6.05. The lowest BCUT2D eigenvalue weighted by Gasteiger charge is -2.57. The molecule has 0 spiro atoms. The Morgan fingerprint density at radius 3 is 2.07 bits per heavy atom. The van der Waals surface area contributed by atoms with Crippen LogP contribution in [0.25, 0.3) is 10.8 Å². The first-order valence-corrected chi connectivity index (χ1v) is 11.7. The van der Waals surface area contributed by atoms with Crippen LogP contribution in [0.1, 0.15) is 49.7 Å². The molecule has 0 atom stereocenters. The molecular weight excluding hydrogens is 366 g/mol. The first-order chi connectivity index (χ1) is 14.7. The molecule has 1 N–H and O–H groups in total. The molecule has 3 aromatic rings. The summed E-state index contributed by atoms with van der Waals surface area (Å²) in [4.78, 5) is 0. The molecule has 4 fully saturated rings. The first-order valence-electron chi connectivity index (χ1n) is 11.7. The van der Waals surface area contributed by atoms with E-state index in [0.29, 0.717) is 12.1 Å². The molecule has 4 aliphatic rings. The Hall–Kier alpha value is -2.32. The van der Waals surface area contributed by atoms with Crippen molar-refractivity contribution in [3.8, 4) is 5.75 Å². The van der Waals surface area contributed by atoms with Crippen LogP contribution in [0.5, 0.6) is 5.75 Å². The number of rotatable bonds is 6. The van der Waals surface area contributed by atoms with E-state index in [0.717, 1.165) is 30.0 Å². The number of ether oxygens (including phenoxy) is 1. The van der Waals surface area contributed by atoms with Crippen LogP contribution in [-0.2, 0) is 13.2 Å². The second kappa shape index (κ2) is 7.42. The molecular formula is C28H31NO. The smallest absolute Gasteiger partial charge is 0.119 e. The van der Waals surface area contributed by atoms with Gasteiger partial charge in [-0.1, -0.05) is 48.5 Å². The molecule has 4 saturated carbocycles. The van der Waals surface area contributed by atoms with Crippen LogP contribution in [0, 0.1) is 17.8 Å². The van der Waals surface area contributed by atoms with Crippen molar-refractivity contribution in [3.05, 3.63) is 77.9 Å². The highest BCUT2D eigenvalue weighted by atomic mass is 16.5. The van der Waals surface area contributed by atoms with Crippen LogP contribution in [0.3, 0.4) is 0 Å². The van der Waals surface area contributed by atoms with Crippen molar-refractivity contribution in [2.24, 2.45) is 17.8 Å². The maximum Gasteiger partial charge on any atom is 0.119 e. The van der Waals surface area contributed by atoms with E-state index in [1.807, 2.05) is 0 Å². The second-order valence-electron chi connectivity index (χ2n) is 10.2. The fourth-order valence-corrected chi connectivity index (χ4v) is 6.82. The summed E-state index contributed by atoms with van der Waals surface area (Å²) >= 11 is 0. The summed E-state index contributed by atoms with van der Waals surface area (Å²) in [6.45, 7) is 1.59. The number of hydrogen-bond donors (Lipinski definition) is 1. The molecule has 2 heteroatoms. The Morgan fingerprint density at radius 2 is 1.37 bits per heavy atom. The average Bonchev–Trinajstić information content (AvgIpc) is 2.76. The zero-order valence-electron chi connectivity index (χ0n) is 17.6. The van der Waals surface area contributed by atoms with E-state index < -0.39 is 0 Å². The number of nitrogens with one attached hydrogen (secondary N) is 1. The maximum absolute atomic E-state index is 6.05. The third kappa shape index (κ3) is 3.63. The van der Waals surface area contributed by atoms with Gasteiger partial charge in [0.25, 0.3) is 0 Å². The van der Waals surface area contributed by atoms with E-state index in [2.05, 4.69) is 72.0 Å². The van der Waals surface area contributed by atoms with Gasteiger partial charge in [-0.15, -0.1) is 0 Å². The van der Waals surface area contributed by atoms with E-state index in [1.54, 1.807) is 0 Å². The fraction of sp³-hybridized carbons (Fsp3) is 0.429. The highest BCUT2D eigenvalue weighted by Crippen LogP contribution is 2.55. The number of fused-ring (bicyclic) bond motifs is 1. The average molecular weight is 398 g/mol. The zero-order chi connectivity index (χ0) is 20.0. The summed E-state index contributed by atoms with van der Waals surface area (Å²) in [5, 5.41) is 6.54. The highest BCUT2D eigenvalue weighted by Gasteiger charge is 2.50. The monoisotopic (exact) mass is 397 g/mol. The molecule has 0 radical (unpaired) electrons. The zero-order valence-corrected chi connectivity index (χ0v) is 17.6. The standard InChI is InChI=1S/C28H31NO/c1-2-4-26-14-21(5-8-25(26)3-1)19-30-27-9-6-20(7-10-27)18-29-28-15-22-11-23(16-28)13-24(12-22)17-28/h1-10,14,22-24,29H,11-13,15-19H2. The van der Waals surface area contributed by atoms with Gasteiger partial charge in [-0.2, -0.15) is 0 Å². The quantitative estimate of drug-likeness (QED) is 0.514. The minimum Gasteiger partial charge on any atom is -0.489 e. The summed E-state index contributed by atoms with van der Waals surface area (Å²) in [7, 11) is 0. The van der Waals surface area contributed by atoms with Crippen molar-refractivity contribution in [1.29, 1.82) is 0 Å². The van der Waals surface area contributed by atoms with Crippen LogP contribution < -0.4 is 10.1 Å². The predicted molar refractivity (Wildman–Crippen MR) is 122 cm³/mol. The van der Waals surface area contributed by atoms with Gasteiger partial charge in [0.15, 0.2) is 0 Å². The summed E-state index contributed by atoms with van der Waals surface area (Å²) in [6, 6.07) is 23.7. The van der Waals surface area contributed by atoms with Gasteiger partial charge in [0.05, 0.1) is 0 Å². The molecule has 3 aromatic carbocycles. The molecule has 0 heterocycles. The van der Waals surface area contributed by atoms with Crippen molar-refractivity contribution >= 4 is 10.8 Å². The van der Waals surface area contributed by atoms with Gasteiger partial charge in [-0.05, 0) is 96.4 Å². The van der Waals surface area contributed by atoms with Gasteiger partial charge >= 0.3 is 0 Å². The summed E-state index contributed by atoms with van der Waals surface area (Å²) in [6.07, 6.45) is 8.74. The van der Waals surface area contributed by atoms with Crippen LogP contribution in [-0.4, -0.2) is 5.54 Å². The van der Waals surface area contributed by atoms with Crippen LogP contribution in [0.2, 0.25) is 0 Å². The van der Waals surface area contributed by atoms with Crippen LogP contribution in [0.15, 0.2) is 66.7 Å². The second-order valence-corrected chi connectivity index (χ2v) is 10.2. The topological polar surface area (TPSA) is 21.3 Å². The van der Waals surface area contributed by atoms with Crippen molar-refractivity contribution in [2.45, 2.75) is 57.2 Å². The van der Waals surface area contributed by atoms with E-state index in [1.165, 1.54) is 60.4 Å². The predicted octanol–water partition coefficient (Wildman–Crippen LogP) is 6.48. The van der Waals surface area contributed by atoms with Crippen LogP contribution >= 0.6 is 0 Å². The van der Waals surface area contributed by atoms with Gasteiger partial charge in [-0.25, -0.2) is 0 Å². The molecule has 2 nitrogen and oxygen atoms in total. The lowest BCUT2D eigenvalue weighted by Crippen LogP contribution is -2.58. The molecule has 0 aliphatic heterocycles. The van der Waals surface area contributed by atoms with E-state index in [-0.39, 0.29) is 0 Å². The fourth-order valence-electron chi connectivity index (χ4n) is 6.82. The largest absolute Gasteiger partial charge is 0.489 e. The Kier molecular flexibility index (Phi) is 4.57. The van der Waals surface area contributed by atoms with Gasteiger partial charge in [0, 0.05) is 12.1 Å². The Morgan fingerprint density at radius 1 is 0.733 bits per heavy atom. The van der Waals surface area contributed by atoms with Gasteiger partial charge in [0.1, 0.15) is 12.4 Å². The van der Waals surface area contributed by atoms with E-state index in [9.17, 15) is 0 Å². The Bertz CT molecular complexity index is 1000. The SMILES string of the molecule is c1ccc2cc(COc3ccc(CNC45CC6CC(CC(C6)C4)C5)cc3)ccc2c1. The van der Waals surface area contributed by atoms with Gasteiger partial charge < -0.3 is 10.1 Å². The Labute approximate surface area is 179 Å². The number of benzene rings is 3. The van der Waals surface area contributed by atoms with Crippen molar-refractivity contribution in [1.82, 2.24) is 5.32 Å².